The Labute approximate surface area is 149 Å². The molecular formula is C17H31N3O2SSi. The molecule has 1 aliphatic carbocycles. The Morgan fingerprint density at radius 3 is 2.67 bits per heavy atom. The molecule has 0 fully saturated rings. The Hall–Kier alpha value is -0.793. The lowest BCUT2D eigenvalue weighted by atomic mass is 9.96. The first-order chi connectivity index (χ1) is 11.1. The van der Waals surface area contributed by atoms with Crippen LogP contribution in [0.25, 0.3) is 0 Å². The third-order valence-corrected chi connectivity index (χ3v) is 7.15. The maximum atomic E-state index is 12.3. The van der Waals surface area contributed by atoms with Gasteiger partial charge in [-0.25, -0.2) is 8.89 Å². The molecule has 1 aromatic heterocycles. The Morgan fingerprint density at radius 2 is 2.04 bits per heavy atom. The number of aromatic nitrogens is 2. The number of hydrogen-bond acceptors (Lipinski definition) is 3. The van der Waals surface area contributed by atoms with Crippen LogP contribution in [-0.2, 0) is 28.9 Å². The smallest absolute Gasteiger partial charge is 0.145 e. The van der Waals surface area contributed by atoms with E-state index in [1.807, 2.05) is 31.6 Å². The quantitative estimate of drug-likeness (QED) is 0.566. The fourth-order valence-corrected chi connectivity index (χ4v) is 3.87. The minimum Gasteiger partial charge on any atom is -0.360 e. The molecule has 0 bridgehead atoms. The van der Waals surface area contributed by atoms with E-state index < -0.39 is 19.1 Å². The van der Waals surface area contributed by atoms with E-state index >= 15 is 0 Å². The lowest BCUT2D eigenvalue weighted by Crippen LogP contribution is -2.23. The van der Waals surface area contributed by atoms with Gasteiger partial charge in [0.2, 0.25) is 0 Å². The fraction of sp³-hybridized carbons (Fsp3) is 0.765. The molecule has 5 nitrogen and oxygen atoms in total. The van der Waals surface area contributed by atoms with Gasteiger partial charge < -0.3 is 4.74 Å². The van der Waals surface area contributed by atoms with Crippen LogP contribution >= 0.6 is 0 Å². The maximum absolute atomic E-state index is 12.3. The summed E-state index contributed by atoms with van der Waals surface area (Å²) in [6.45, 7) is 14.2. The fourth-order valence-electron chi connectivity index (χ4n) is 2.45. The zero-order valence-corrected chi connectivity index (χ0v) is 17.7. The van der Waals surface area contributed by atoms with Crippen LogP contribution in [0.4, 0.5) is 0 Å². The minimum absolute atomic E-state index is 0.333. The van der Waals surface area contributed by atoms with E-state index in [1.54, 1.807) is 0 Å². The SMILES string of the molecule is CC(C)(C)[S@@](=O)/N=C1\CCCc2c1cnn2COCC[Si](C)(C)C. The molecule has 0 unspecified atom stereocenters. The first kappa shape index (κ1) is 19.5. The molecule has 0 aromatic carbocycles. The van der Waals surface area contributed by atoms with Crippen molar-refractivity contribution >= 4 is 24.8 Å². The summed E-state index contributed by atoms with van der Waals surface area (Å²) < 4.78 is 24.3. The van der Waals surface area contributed by atoms with Gasteiger partial charge in [-0.1, -0.05) is 19.6 Å². The van der Waals surface area contributed by atoms with Crippen LogP contribution in [0, 0.1) is 0 Å². The van der Waals surface area contributed by atoms with Crippen molar-refractivity contribution in [1.82, 2.24) is 9.78 Å². The molecule has 24 heavy (non-hydrogen) atoms. The summed E-state index contributed by atoms with van der Waals surface area (Å²) in [5.41, 5.74) is 3.14. The van der Waals surface area contributed by atoms with Gasteiger partial charge in [-0.2, -0.15) is 9.50 Å². The largest absolute Gasteiger partial charge is 0.360 e. The third-order valence-electron chi connectivity index (χ3n) is 4.01. The predicted molar refractivity (Wildman–Crippen MR) is 104 cm³/mol. The van der Waals surface area contributed by atoms with Crippen molar-refractivity contribution in [2.24, 2.45) is 4.40 Å². The van der Waals surface area contributed by atoms with Crippen LogP contribution in [0.2, 0.25) is 25.7 Å². The van der Waals surface area contributed by atoms with Crippen molar-refractivity contribution in [2.45, 2.75) is 77.2 Å². The second kappa shape index (κ2) is 7.62. The monoisotopic (exact) mass is 369 g/mol. The maximum Gasteiger partial charge on any atom is 0.145 e. The van der Waals surface area contributed by atoms with Crippen molar-refractivity contribution in [2.75, 3.05) is 6.61 Å². The third kappa shape index (κ3) is 5.36. The molecule has 0 radical (unpaired) electrons. The predicted octanol–water partition coefficient (Wildman–Crippen LogP) is 3.78. The first-order valence-electron chi connectivity index (χ1n) is 8.70. The van der Waals surface area contributed by atoms with Crippen molar-refractivity contribution in [3.63, 3.8) is 0 Å². The minimum atomic E-state index is -1.23. The summed E-state index contributed by atoms with van der Waals surface area (Å²) >= 11 is 0. The topological polar surface area (TPSA) is 56.5 Å². The van der Waals surface area contributed by atoms with E-state index in [4.69, 9.17) is 4.74 Å². The Kier molecular flexibility index (Phi) is 6.20. The van der Waals surface area contributed by atoms with E-state index in [2.05, 4.69) is 29.1 Å². The highest BCUT2D eigenvalue weighted by Crippen LogP contribution is 2.24. The number of rotatable bonds is 6. The molecular weight excluding hydrogens is 338 g/mol. The van der Waals surface area contributed by atoms with Crippen molar-refractivity contribution in [3.05, 3.63) is 17.5 Å². The molecule has 0 aliphatic heterocycles. The van der Waals surface area contributed by atoms with Gasteiger partial charge in [0.15, 0.2) is 0 Å². The zero-order valence-electron chi connectivity index (χ0n) is 15.9. The highest BCUT2D eigenvalue weighted by molar-refractivity contribution is 7.85. The van der Waals surface area contributed by atoms with E-state index in [0.29, 0.717) is 6.73 Å². The number of ether oxygens (including phenoxy) is 1. The van der Waals surface area contributed by atoms with Gasteiger partial charge in [0, 0.05) is 20.2 Å². The first-order valence-corrected chi connectivity index (χ1v) is 13.5. The molecule has 1 aromatic rings. The van der Waals surface area contributed by atoms with Gasteiger partial charge in [0.05, 0.1) is 22.3 Å². The van der Waals surface area contributed by atoms with Crippen LogP contribution < -0.4 is 0 Å². The lowest BCUT2D eigenvalue weighted by molar-refractivity contribution is 0.0764. The summed E-state index contributed by atoms with van der Waals surface area (Å²) in [4.78, 5) is 0. The molecule has 7 heteroatoms. The van der Waals surface area contributed by atoms with Crippen LogP contribution in [0.15, 0.2) is 10.6 Å². The van der Waals surface area contributed by atoms with Crippen molar-refractivity contribution in [3.8, 4) is 0 Å². The molecule has 0 spiro atoms. The average Bonchev–Trinajstić information content (AvgIpc) is 2.86. The highest BCUT2D eigenvalue weighted by Gasteiger charge is 2.24. The number of hydrogen-bond donors (Lipinski definition) is 0. The van der Waals surface area contributed by atoms with Gasteiger partial charge in [0.25, 0.3) is 0 Å². The van der Waals surface area contributed by atoms with Gasteiger partial charge in [-0.15, -0.1) is 0 Å². The second-order valence-corrected chi connectivity index (χ2v) is 16.1. The number of fused-ring (bicyclic) bond motifs is 1. The number of nitrogens with zero attached hydrogens (tertiary/aromatic N) is 3. The van der Waals surface area contributed by atoms with Crippen molar-refractivity contribution < 1.29 is 8.95 Å². The molecule has 0 N–H and O–H groups in total. The highest BCUT2D eigenvalue weighted by atomic mass is 32.2. The summed E-state index contributed by atoms with van der Waals surface area (Å²) in [7, 11) is -2.29. The zero-order chi connectivity index (χ0) is 18.0. The van der Waals surface area contributed by atoms with E-state index in [9.17, 15) is 4.21 Å². The van der Waals surface area contributed by atoms with Crippen LogP contribution in [-0.4, -0.2) is 39.1 Å². The second-order valence-electron chi connectivity index (χ2n) is 8.61. The summed E-state index contributed by atoms with van der Waals surface area (Å²) in [6.07, 6.45) is 4.73. The molecule has 0 saturated carbocycles. The molecule has 1 heterocycles. The Balaban J connectivity index is 2.07. The van der Waals surface area contributed by atoms with Gasteiger partial charge in [-0.05, 0) is 46.1 Å². The van der Waals surface area contributed by atoms with E-state index in [1.165, 1.54) is 5.69 Å². The van der Waals surface area contributed by atoms with Crippen molar-refractivity contribution in [1.29, 1.82) is 0 Å². The molecule has 0 amide bonds. The van der Waals surface area contributed by atoms with Gasteiger partial charge in [0.1, 0.15) is 17.7 Å². The van der Waals surface area contributed by atoms with E-state index in [0.717, 1.165) is 43.2 Å². The Bertz CT molecular complexity index is 627. The molecule has 1 aliphatic rings. The van der Waals surface area contributed by atoms with Crippen LogP contribution in [0.5, 0.6) is 0 Å². The molecule has 0 saturated heterocycles. The van der Waals surface area contributed by atoms with Gasteiger partial charge >= 0.3 is 0 Å². The van der Waals surface area contributed by atoms with Gasteiger partial charge in [-0.3, -0.25) is 0 Å². The summed E-state index contributed by atoms with van der Waals surface area (Å²) in [6, 6.07) is 1.16. The lowest BCUT2D eigenvalue weighted by Gasteiger charge is -2.19. The molecule has 2 rings (SSSR count). The summed E-state index contributed by atoms with van der Waals surface area (Å²) in [5, 5.41) is 4.47. The Morgan fingerprint density at radius 1 is 1.33 bits per heavy atom. The normalized spacial score (nSPS) is 18.7. The standard InChI is InChI=1S/C17H31N3O2SSi/c1-17(2,3)23(21)19-15-8-7-9-16-14(15)12-18-20(16)13-22-10-11-24(4,5)6/h12H,7-11,13H2,1-6H3/b19-15+/t23-/m1/s1. The van der Waals surface area contributed by atoms with Crippen LogP contribution in [0.3, 0.4) is 0 Å². The molecule has 136 valence electrons. The summed E-state index contributed by atoms with van der Waals surface area (Å²) in [5.74, 6) is 0. The van der Waals surface area contributed by atoms with E-state index in [-0.39, 0.29) is 4.75 Å². The average molecular weight is 370 g/mol. The molecule has 1 atom stereocenters. The van der Waals surface area contributed by atoms with Crippen LogP contribution in [0.1, 0.15) is 44.9 Å².